The number of rotatable bonds is 8. The van der Waals surface area contributed by atoms with Crippen LogP contribution < -0.4 is 0 Å². The lowest BCUT2D eigenvalue weighted by Gasteiger charge is -2.18. The van der Waals surface area contributed by atoms with E-state index in [-0.39, 0.29) is 47.8 Å². The van der Waals surface area contributed by atoms with Crippen LogP contribution in [0.15, 0.2) is 12.1 Å². The Morgan fingerprint density at radius 1 is 0.893 bits per heavy atom. The van der Waals surface area contributed by atoms with Gasteiger partial charge in [-0.1, -0.05) is 0 Å². The molecule has 1 rings (SSSR count). The van der Waals surface area contributed by atoms with Gasteiger partial charge in [-0.3, -0.25) is 9.13 Å². The van der Waals surface area contributed by atoms with E-state index in [0.717, 1.165) is 0 Å². The molecule has 8 nitrogen and oxygen atoms in total. The summed E-state index contributed by atoms with van der Waals surface area (Å²) in [5.74, 6) is 0. The molecule has 0 unspecified atom stereocenters. The number of benzene rings is 1. The lowest BCUT2D eigenvalue weighted by atomic mass is 10.0. The summed E-state index contributed by atoms with van der Waals surface area (Å²) in [7, 11) is -7.19. The Bertz CT molecular complexity index is 997. The molecule has 28 heavy (non-hydrogen) atoms. The van der Waals surface area contributed by atoms with Gasteiger partial charge >= 0.3 is 7.60 Å². The van der Waals surface area contributed by atoms with Gasteiger partial charge in [0.2, 0.25) is 7.14 Å². The summed E-state index contributed by atoms with van der Waals surface area (Å²) in [6.07, 6.45) is 2.44. The zero-order chi connectivity index (χ0) is 21.2. The summed E-state index contributed by atoms with van der Waals surface area (Å²) in [5, 5.41) is 36.4. The molecule has 0 spiro atoms. The van der Waals surface area contributed by atoms with Gasteiger partial charge in [0.25, 0.3) is 0 Å². The predicted octanol–water partition coefficient (Wildman–Crippen LogP) is 3.64. The largest absolute Gasteiger partial charge is 0.462 e. The Kier molecular flexibility index (Phi) is 8.82. The van der Waals surface area contributed by atoms with E-state index in [1.807, 2.05) is 23.5 Å². The van der Waals surface area contributed by atoms with Gasteiger partial charge in [-0.15, -0.1) is 0 Å². The Morgan fingerprint density at radius 3 is 1.68 bits per heavy atom. The van der Waals surface area contributed by atoms with Crippen LogP contribution >= 0.6 is 14.7 Å². The summed E-state index contributed by atoms with van der Waals surface area (Å²) in [6, 6.07) is 6.53. The van der Waals surface area contributed by atoms with E-state index in [4.69, 9.17) is 19.3 Å². The molecule has 0 fully saturated rings. The van der Waals surface area contributed by atoms with Crippen molar-refractivity contribution in [2.75, 3.05) is 13.2 Å². The number of hydrogen-bond donors (Lipinski definition) is 2. The second-order valence-electron chi connectivity index (χ2n) is 5.34. The van der Waals surface area contributed by atoms with Gasteiger partial charge in [0.1, 0.15) is 12.2 Å². The van der Waals surface area contributed by atoms with Gasteiger partial charge in [0, 0.05) is 17.5 Å². The van der Waals surface area contributed by atoms with E-state index in [1.165, 1.54) is 24.3 Å². The molecule has 0 saturated carbocycles. The highest BCUT2D eigenvalue weighted by molar-refractivity contribution is 7.73. The molecule has 0 aliphatic heterocycles. The van der Waals surface area contributed by atoms with Crippen LogP contribution in [0.25, 0.3) is 0 Å². The van der Waals surface area contributed by atoms with Crippen LogP contribution in [0.4, 0.5) is 0 Å². The Morgan fingerprint density at radius 2 is 1.32 bits per heavy atom. The maximum atomic E-state index is 12.8. The normalized spacial score (nSPS) is 10.6. The minimum absolute atomic E-state index is 0.0632. The number of aliphatic hydroxyl groups is 2. The highest BCUT2D eigenvalue weighted by atomic mass is 31.2. The zero-order valence-electron chi connectivity index (χ0n) is 15.3. The molecule has 0 aliphatic rings. The number of nitrogens with zero attached hydrogens (tertiary/aromatic N) is 2. The molecule has 0 aromatic heterocycles. The standard InChI is InChI=1S/C18H18N2O6P2/c1-3-25-28(24,26-4-2)14-18-10-15(11-19)17(9-16(18)12-20)13-27(23,7-5-21)8-6-22/h9-10,21-22H,3-4,13-14H2,1-2H3. The van der Waals surface area contributed by atoms with E-state index in [9.17, 15) is 19.7 Å². The first-order valence-corrected chi connectivity index (χ1v) is 11.7. The summed E-state index contributed by atoms with van der Waals surface area (Å²) in [5.41, 5.74) is 4.70. The van der Waals surface area contributed by atoms with Gasteiger partial charge in [-0.05, 0) is 37.1 Å². The molecule has 0 saturated heterocycles. The molecule has 0 bridgehead atoms. The molecule has 0 amide bonds. The quantitative estimate of drug-likeness (QED) is 0.480. The minimum Gasteiger partial charge on any atom is -0.462 e. The monoisotopic (exact) mass is 420 g/mol. The minimum atomic E-state index is -3.68. The number of nitriles is 2. The molecular weight excluding hydrogens is 402 g/mol. The van der Waals surface area contributed by atoms with Gasteiger partial charge in [-0.2, -0.15) is 10.5 Å². The second kappa shape index (κ2) is 10.6. The fourth-order valence-electron chi connectivity index (χ4n) is 2.40. The van der Waals surface area contributed by atoms with Crippen LogP contribution in [0.1, 0.15) is 36.1 Å². The number of hydrogen-bond acceptors (Lipinski definition) is 8. The van der Waals surface area contributed by atoms with Gasteiger partial charge < -0.3 is 19.3 Å². The predicted molar refractivity (Wildman–Crippen MR) is 101 cm³/mol. The van der Waals surface area contributed by atoms with Gasteiger partial charge in [0.15, 0.2) is 0 Å². The second-order valence-corrected chi connectivity index (χ2v) is 9.64. The maximum Gasteiger partial charge on any atom is 0.335 e. The third-order valence-electron chi connectivity index (χ3n) is 3.44. The van der Waals surface area contributed by atoms with Crippen LogP contribution in [0.3, 0.4) is 0 Å². The van der Waals surface area contributed by atoms with Crippen LogP contribution in [-0.4, -0.2) is 23.4 Å². The van der Waals surface area contributed by atoms with Crippen molar-refractivity contribution in [3.8, 4) is 35.7 Å². The van der Waals surface area contributed by atoms with Crippen LogP contribution in [0.5, 0.6) is 0 Å². The fraction of sp³-hybridized carbons (Fsp3) is 0.333. The summed E-state index contributed by atoms with van der Waals surface area (Å²) in [6.45, 7) is 3.60. The molecule has 1 aromatic rings. The van der Waals surface area contributed by atoms with Crippen LogP contribution in [-0.2, 0) is 30.5 Å². The van der Waals surface area contributed by atoms with Crippen molar-refractivity contribution in [1.82, 2.24) is 0 Å². The highest BCUT2D eigenvalue weighted by Crippen LogP contribution is 2.52. The molecule has 0 radical (unpaired) electrons. The van der Waals surface area contributed by atoms with Crippen LogP contribution in [0.2, 0.25) is 0 Å². The zero-order valence-corrected chi connectivity index (χ0v) is 17.1. The van der Waals surface area contributed by atoms with Crippen molar-refractivity contribution in [2.45, 2.75) is 26.2 Å². The van der Waals surface area contributed by atoms with E-state index >= 15 is 0 Å². The van der Waals surface area contributed by atoms with E-state index < -0.39 is 14.7 Å². The van der Waals surface area contributed by atoms with E-state index in [1.54, 1.807) is 13.8 Å². The topological polar surface area (TPSA) is 141 Å². The molecule has 0 atom stereocenters. The van der Waals surface area contributed by atoms with Crippen molar-refractivity contribution >= 4 is 14.7 Å². The fourth-order valence-corrected chi connectivity index (χ4v) is 5.40. The molecule has 1 aromatic carbocycles. The molecule has 146 valence electrons. The van der Waals surface area contributed by atoms with Gasteiger partial charge in [0.05, 0.1) is 42.6 Å². The number of aliphatic hydroxyl groups excluding tert-OH is 2. The van der Waals surface area contributed by atoms with E-state index in [0.29, 0.717) is 0 Å². The first-order chi connectivity index (χ1) is 13.3. The summed E-state index contributed by atoms with van der Waals surface area (Å²) >= 11 is 0. The lowest BCUT2D eigenvalue weighted by molar-refractivity contribution is 0.219. The average Bonchev–Trinajstić information content (AvgIpc) is 2.63. The average molecular weight is 420 g/mol. The van der Waals surface area contributed by atoms with Crippen molar-refractivity contribution in [2.24, 2.45) is 0 Å². The highest BCUT2D eigenvalue weighted by Gasteiger charge is 2.27. The van der Waals surface area contributed by atoms with E-state index in [2.05, 4.69) is 0 Å². The van der Waals surface area contributed by atoms with Crippen molar-refractivity contribution in [3.05, 3.63) is 34.4 Å². The SMILES string of the molecule is CCOP(=O)(Cc1cc(C#N)c(CP(=O)(C#CO)C#CO)cc1C#N)OCC. The summed E-state index contributed by atoms with van der Waals surface area (Å²) < 4.78 is 35.8. The van der Waals surface area contributed by atoms with Crippen LogP contribution in [0, 0.1) is 46.2 Å². The maximum absolute atomic E-state index is 12.8. The first-order valence-electron chi connectivity index (χ1n) is 8.06. The Balaban J connectivity index is 3.47. The van der Waals surface area contributed by atoms with Gasteiger partial charge in [-0.25, -0.2) is 0 Å². The molecule has 2 N–H and O–H groups in total. The first kappa shape index (κ1) is 23.3. The molecular formula is C18H18N2O6P2. The smallest absolute Gasteiger partial charge is 0.335 e. The Labute approximate surface area is 163 Å². The summed E-state index contributed by atoms with van der Waals surface area (Å²) in [4.78, 5) is 0. The lowest BCUT2D eigenvalue weighted by Crippen LogP contribution is -2.03. The van der Waals surface area contributed by atoms with Crippen molar-refractivity contribution < 1.29 is 28.4 Å². The van der Waals surface area contributed by atoms with Crippen molar-refractivity contribution in [3.63, 3.8) is 0 Å². The third kappa shape index (κ3) is 6.18. The third-order valence-corrected chi connectivity index (χ3v) is 7.18. The Hall–Kier alpha value is -2.70. The molecule has 10 heteroatoms. The molecule has 0 aliphatic carbocycles. The van der Waals surface area contributed by atoms with Crippen molar-refractivity contribution in [1.29, 1.82) is 10.5 Å². The molecule has 0 heterocycles.